The van der Waals surface area contributed by atoms with E-state index in [0.717, 1.165) is 38.3 Å². The molecule has 0 bridgehead atoms. The summed E-state index contributed by atoms with van der Waals surface area (Å²) in [6, 6.07) is 7.00. The number of hydrogen-bond donors (Lipinski definition) is 0. The van der Waals surface area contributed by atoms with Gasteiger partial charge in [-0.2, -0.15) is 0 Å². The van der Waals surface area contributed by atoms with Gasteiger partial charge in [-0.1, -0.05) is 6.07 Å². The Bertz CT molecular complexity index is 471. The first kappa shape index (κ1) is 14.8. The van der Waals surface area contributed by atoms with E-state index in [-0.39, 0.29) is 6.29 Å². The zero-order chi connectivity index (χ0) is 14.7. The number of benzene rings is 1. The lowest BCUT2D eigenvalue weighted by Gasteiger charge is -2.33. The van der Waals surface area contributed by atoms with E-state index in [9.17, 15) is 0 Å². The van der Waals surface area contributed by atoms with Crippen molar-refractivity contribution in [2.24, 2.45) is 0 Å². The molecule has 1 aromatic rings. The number of hydrogen-bond acceptors (Lipinski definition) is 4. The number of methoxy groups -OCH3 is 1. The molecule has 0 aromatic heterocycles. The van der Waals surface area contributed by atoms with Crippen molar-refractivity contribution >= 4 is 0 Å². The van der Waals surface area contributed by atoms with Gasteiger partial charge in [0.05, 0.1) is 20.3 Å². The number of ether oxygens (including phenoxy) is 3. The lowest BCUT2D eigenvalue weighted by atomic mass is 9.86. The third-order valence-corrected chi connectivity index (χ3v) is 4.57. The van der Waals surface area contributed by atoms with Gasteiger partial charge >= 0.3 is 0 Å². The predicted octanol–water partition coefficient (Wildman–Crippen LogP) is 2.77. The largest absolute Gasteiger partial charge is 0.497 e. The van der Waals surface area contributed by atoms with Crippen molar-refractivity contribution in [1.82, 2.24) is 4.90 Å². The molecule has 4 nitrogen and oxygen atoms in total. The molecule has 0 amide bonds. The normalized spacial score (nSPS) is 22.5. The van der Waals surface area contributed by atoms with Crippen molar-refractivity contribution in [3.05, 3.63) is 29.3 Å². The molecule has 1 fully saturated rings. The van der Waals surface area contributed by atoms with Crippen molar-refractivity contribution in [3.63, 3.8) is 0 Å². The van der Waals surface area contributed by atoms with E-state index in [1.807, 2.05) is 0 Å². The Labute approximate surface area is 127 Å². The molecule has 116 valence electrons. The fourth-order valence-corrected chi connectivity index (χ4v) is 3.39. The molecule has 2 aliphatic rings. The minimum atomic E-state index is -0.00798. The maximum Gasteiger partial charge on any atom is 0.159 e. The van der Waals surface area contributed by atoms with Crippen molar-refractivity contribution in [3.8, 4) is 5.75 Å². The molecule has 0 spiro atoms. The lowest BCUT2D eigenvalue weighted by Crippen LogP contribution is -2.30. The molecular weight excluding hydrogens is 266 g/mol. The molecule has 1 heterocycles. The van der Waals surface area contributed by atoms with Crippen molar-refractivity contribution in [2.45, 2.75) is 38.0 Å². The first-order chi connectivity index (χ1) is 10.3. The van der Waals surface area contributed by atoms with Crippen LogP contribution >= 0.6 is 0 Å². The standard InChI is InChI=1S/C17H25NO3/c1-18(9-8-17-20-10-11-21-17)16-5-3-4-13-12-14(19-2)6-7-15(13)16/h6-7,12,16-17H,3-5,8-11H2,1-2H3. The SMILES string of the molecule is COc1ccc2c(c1)CCCC2N(C)CCC1OCCO1. The highest BCUT2D eigenvalue weighted by Gasteiger charge is 2.25. The Balaban J connectivity index is 1.65. The maximum absolute atomic E-state index is 5.53. The van der Waals surface area contributed by atoms with Gasteiger partial charge in [-0.15, -0.1) is 0 Å². The third kappa shape index (κ3) is 3.39. The summed E-state index contributed by atoms with van der Waals surface area (Å²) in [5.41, 5.74) is 2.89. The first-order valence-electron chi connectivity index (χ1n) is 7.88. The molecule has 1 aromatic carbocycles. The number of rotatable bonds is 5. The minimum absolute atomic E-state index is 0.00798. The fourth-order valence-electron chi connectivity index (χ4n) is 3.39. The number of fused-ring (bicyclic) bond motifs is 1. The molecule has 1 atom stereocenters. The van der Waals surface area contributed by atoms with E-state index in [1.165, 1.54) is 24.0 Å². The summed E-state index contributed by atoms with van der Waals surface area (Å²) >= 11 is 0. The Morgan fingerprint density at radius 3 is 2.86 bits per heavy atom. The summed E-state index contributed by atoms with van der Waals surface area (Å²) < 4.78 is 16.4. The Kier molecular flexibility index (Phi) is 4.78. The summed E-state index contributed by atoms with van der Waals surface area (Å²) in [5.74, 6) is 0.963. The number of aryl methyl sites for hydroxylation is 1. The average Bonchev–Trinajstić information content (AvgIpc) is 3.04. The van der Waals surface area contributed by atoms with Crippen LogP contribution in [0.4, 0.5) is 0 Å². The highest BCUT2D eigenvalue weighted by molar-refractivity contribution is 5.39. The van der Waals surface area contributed by atoms with Gasteiger partial charge < -0.3 is 14.2 Å². The van der Waals surface area contributed by atoms with Crippen LogP contribution in [-0.4, -0.2) is 45.1 Å². The Morgan fingerprint density at radius 1 is 1.29 bits per heavy atom. The van der Waals surface area contributed by atoms with Gasteiger partial charge in [0.2, 0.25) is 0 Å². The second-order valence-electron chi connectivity index (χ2n) is 5.91. The van der Waals surface area contributed by atoms with Crippen LogP contribution in [0.1, 0.15) is 36.4 Å². The van der Waals surface area contributed by atoms with Crippen LogP contribution in [0.3, 0.4) is 0 Å². The smallest absolute Gasteiger partial charge is 0.159 e. The minimum Gasteiger partial charge on any atom is -0.497 e. The highest BCUT2D eigenvalue weighted by Crippen LogP contribution is 2.35. The summed E-state index contributed by atoms with van der Waals surface area (Å²) in [6.07, 6.45) is 4.56. The van der Waals surface area contributed by atoms with Gasteiger partial charge in [0.15, 0.2) is 6.29 Å². The van der Waals surface area contributed by atoms with Crippen LogP contribution in [0.2, 0.25) is 0 Å². The molecule has 1 aliphatic heterocycles. The van der Waals surface area contributed by atoms with E-state index in [4.69, 9.17) is 14.2 Å². The van der Waals surface area contributed by atoms with Crippen LogP contribution in [-0.2, 0) is 15.9 Å². The molecule has 4 heteroatoms. The summed E-state index contributed by atoms with van der Waals surface area (Å²) in [4.78, 5) is 2.44. The first-order valence-corrected chi connectivity index (χ1v) is 7.88. The lowest BCUT2D eigenvalue weighted by molar-refractivity contribution is -0.0524. The average molecular weight is 291 g/mol. The van der Waals surface area contributed by atoms with Crippen molar-refractivity contribution < 1.29 is 14.2 Å². The molecule has 1 aliphatic carbocycles. The molecule has 0 radical (unpaired) electrons. The van der Waals surface area contributed by atoms with E-state index in [1.54, 1.807) is 7.11 Å². The second-order valence-corrected chi connectivity index (χ2v) is 5.91. The summed E-state index contributed by atoms with van der Waals surface area (Å²) in [7, 11) is 3.94. The zero-order valence-electron chi connectivity index (χ0n) is 13.0. The van der Waals surface area contributed by atoms with Crippen LogP contribution in [0, 0.1) is 0 Å². The fraction of sp³-hybridized carbons (Fsp3) is 0.647. The van der Waals surface area contributed by atoms with E-state index in [2.05, 4.69) is 30.1 Å². The van der Waals surface area contributed by atoms with E-state index in [0.29, 0.717) is 6.04 Å². The second kappa shape index (κ2) is 6.77. The zero-order valence-corrected chi connectivity index (χ0v) is 13.0. The molecule has 3 rings (SSSR count). The Morgan fingerprint density at radius 2 is 2.10 bits per heavy atom. The molecule has 1 unspecified atom stereocenters. The van der Waals surface area contributed by atoms with Crippen molar-refractivity contribution in [1.29, 1.82) is 0 Å². The van der Waals surface area contributed by atoms with Crippen molar-refractivity contribution in [2.75, 3.05) is 33.9 Å². The van der Waals surface area contributed by atoms with Gasteiger partial charge in [0.25, 0.3) is 0 Å². The quantitative estimate of drug-likeness (QED) is 0.834. The monoisotopic (exact) mass is 291 g/mol. The van der Waals surface area contributed by atoms with Crippen LogP contribution in [0.15, 0.2) is 18.2 Å². The van der Waals surface area contributed by atoms with Gasteiger partial charge in [0.1, 0.15) is 5.75 Å². The molecule has 0 N–H and O–H groups in total. The van der Waals surface area contributed by atoms with Gasteiger partial charge in [0, 0.05) is 19.0 Å². The van der Waals surface area contributed by atoms with E-state index < -0.39 is 0 Å². The third-order valence-electron chi connectivity index (χ3n) is 4.57. The van der Waals surface area contributed by atoms with Crippen LogP contribution in [0.25, 0.3) is 0 Å². The predicted molar refractivity (Wildman–Crippen MR) is 81.6 cm³/mol. The molecule has 1 saturated heterocycles. The van der Waals surface area contributed by atoms with Gasteiger partial charge in [-0.3, -0.25) is 4.90 Å². The van der Waals surface area contributed by atoms with Crippen LogP contribution < -0.4 is 4.74 Å². The Hall–Kier alpha value is -1.10. The van der Waals surface area contributed by atoms with E-state index >= 15 is 0 Å². The number of nitrogens with zero attached hydrogens (tertiary/aromatic N) is 1. The molecular formula is C17H25NO3. The molecule has 21 heavy (non-hydrogen) atoms. The summed E-state index contributed by atoms with van der Waals surface area (Å²) in [6.45, 7) is 2.47. The highest BCUT2D eigenvalue weighted by atomic mass is 16.7. The maximum atomic E-state index is 5.53. The topological polar surface area (TPSA) is 30.9 Å². The summed E-state index contributed by atoms with van der Waals surface area (Å²) in [5, 5.41) is 0. The van der Waals surface area contributed by atoms with Gasteiger partial charge in [-0.25, -0.2) is 0 Å². The van der Waals surface area contributed by atoms with Gasteiger partial charge in [-0.05, 0) is 49.6 Å². The van der Waals surface area contributed by atoms with Crippen LogP contribution in [0.5, 0.6) is 5.75 Å². The molecule has 0 saturated carbocycles.